The highest BCUT2D eigenvalue weighted by Gasteiger charge is 2.26. The molecular formula is C19H20N6O4. The van der Waals surface area contributed by atoms with Gasteiger partial charge in [0.15, 0.2) is 17.3 Å². The Morgan fingerprint density at radius 1 is 1.21 bits per heavy atom. The maximum Gasteiger partial charge on any atom is 0.336 e. The second-order valence-corrected chi connectivity index (χ2v) is 6.41. The van der Waals surface area contributed by atoms with Gasteiger partial charge in [-0.15, -0.1) is 0 Å². The van der Waals surface area contributed by atoms with Crippen LogP contribution in [0.3, 0.4) is 0 Å². The molecule has 10 heteroatoms. The van der Waals surface area contributed by atoms with Crippen LogP contribution in [0.1, 0.15) is 13.3 Å². The number of hydrogen-bond donors (Lipinski definition) is 2. The van der Waals surface area contributed by atoms with E-state index in [-0.39, 0.29) is 11.5 Å². The lowest BCUT2D eigenvalue weighted by molar-refractivity contribution is -0.133. The van der Waals surface area contributed by atoms with Gasteiger partial charge in [0.05, 0.1) is 18.7 Å². The third-order valence-electron chi connectivity index (χ3n) is 4.35. The van der Waals surface area contributed by atoms with Crippen LogP contribution in [0, 0.1) is 0 Å². The molecule has 1 aromatic heterocycles. The third kappa shape index (κ3) is 3.96. The molecule has 0 radical (unpaired) electrons. The highest BCUT2D eigenvalue weighted by molar-refractivity contribution is 5.98. The summed E-state index contributed by atoms with van der Waals surface area (Å²) in [6, 6.07) is 3.33. The molecule has 0 fully saturated rings. The number of aryl methyl sites for hydroxylation is 1. The van der Waals surface area contributed by atoms with Crippen LogP contribution in [0.15, 0.2) is 35.6 Å². The summed E-state index contributed by atoms with van der Waals surface area (Å²) in [5.74, 6) is 0.254. The number of esters is 2. The summed E-state index contributed by atoms with van der Waals surface area (Å²) in [6.07, 6.45) is 4.34. The number of benzene rings is 1. The molecule has 0 spiro atoms. The lowest BCUT2D eigenvalue weighted by Gasteiger charge is -2.19. The van der Waals surface area contributed by atoms with Gasteiger partial charge in [-0.25, -0.2) is 19.3 Å². The van der Waals surface area contributed by atoms with Crippen molar-refractivity contribution in [3.63, 3.8) is 0 Å². The molecule has 0 saturated carbocycles. The van der Waals surface area contributed by atoms with E-state index in [9.17, 15) is 9.59 Å². The first-order valence-corrected chi connectivity index (χ1v) is 9.33. The van der Waals surface area contributed by atoms with Crippen molar-refractivity contribution in [3.8, 4) is 22.9 Å². The van der Waals surface area contributed by atoms with Crippen molar-refractivity contribution in [1.29, 1.82) is 0 Å². The Kier molecular flexibility index (Phi) is 5.23. The Bertz CT molecular complexity index is 1010. The lowest BCUT2D eigenvalue weighted by Crippen LogP contribution is -2.26. The molecule has 150 valence electrons. The zero-order valence-corrected chi connectivity index (χ0v) is 15.8. The Morgan fingerprint density at radius 2 is 2.03 bits per heavy atom. The standard InChI is InChI=1S/C19H20N6O4/c1-2-9-25-19(23-11-24-25)17-12(22-10-14-20-7-8-21-14)3-4-13-18(17)29-16(27)6-5-15(26)28-13/h3-6,11,22H,2,7-10H2,1H3,(H,20,21)/b6-5+. The largest absolute Gasteiger partial charge is 0.419 e. The molecule has 2 aliphatic rings. The van der Waals surface area contributed by atoms with E-state index in [4.69, 9.17) is 9.47 Å². The molecule has 0 aliphatic carbocycles. The van der Waals surface area contributed by atoms with E-state index in [1.807, 2.05) is 6.92 Å². The van der Waals surface area contributed by atoms with E-state index in [2.05, 4.69) is 25.7 Å². The van der Waals surface area contributed by atoms with Crippen molar-refractivity contribution < 1.29 is 19.1 Å². The maximum atomic E-state index is 12.1. The van der Waals surface area contributed by atoms with Gasteiger partial charge in [-0.05, 0) is 18.6 Å². The summed E-state index contributed by atoms with van der Waals surface area (Å²) < 4.78 is 12.6. The number of rotatable bonds is 6. The predicted octanol–water partition coefficient (Wildman–Crippen LogP) is 1.15. The van der Waals surface area contributed by atoms with Crippen molar-refractivity contribution in [1.82, 2.24) is 20.1 Å². The third-order valence-corrected chi connectivity index (χ3v) is 4.35. The van der Waals surface area contributed by atoms with Gasteiger partial charge >= 0.3 is 11.9 Å². The fourth-order valence-corrected chi connectivity index (χ4v) is 3.11. The monoisotopic (exact) mass is 396 g/mol. The van der Waals surface area contributed by atoms with E-state index in [1.54, 1.807) is 16.8 Å². The van der Waals surface area contributed by atoms with Crippen LogP contribution in [-0.2, 0) is 16.1 Å². The smallest absolute Gasteiger partial charge is 0.336 e. The summed E-state index contributed by atoms with van der Waals surface area (Å²) in [4.78, 5) is 32.8. The van der Waals surface area contributed by atoms with Crippen molar-refractivity contribution in [2.24, 2.45) is 4.99 Å². The number of fused-ring (bicyclic) bond motifs is 1. The number of hydrogen-bond acceptors (Lipinski definition) is 9. The molecule has 0 amide bonds. The van der Waals surface area contributed by atoms with Crippen molar-refractivity contribution in [2.45, 2.75) is 19.9 Å². The SMILES string of the molecule is CCCn1ncnc1-c1c(NCC2=NCCN2)ccc2c1OC(=O)/C=C/C(=O)O2. The topological polar surface area (TPSA) is 120 Å². The predicted molar refractivity (Wildman–Crippen MR) is 105 cm³/mol. The first-order valence-electron chi connectivity index (χ1n) is 9.33. The minimum atomic E-state index is -0.676. The quantitative estimate of drug-likeness (QED) is 0.551. The van der Waals surface area contributed by atoms with Gasteiger partial charge in [0.25, 0.3) is 0 Å². The fourth-order valence-electron chi connectivity index (χ4n) is 3.11. The van der Waals surface area contributed by atoms with Gasteiger partial charge < -0.3 is 20.1 Å². The van der Waals surface area contributed by atoms with E-state index < -0.39 is 11.9 Å². The van der Waals surface area contributed by atoms with Crippen LogP contribution in [0.25, 0.3) is 11.4 Å². The Morgan fingerprint density at radius 3 is 2.79 bits per heavy atom. The van der Waals surface area contributed by atoms with E-state index >= 15 is 0 Å². The Balaban J connectivity index is 1.82. The number of anilines is 1. The van der Waals surface area contributed by atoms with Gasteiger partial charge in [0.2, 0.25) is 0 Å². The van der Waals surface area contributed by atoms with E-state index in [1.165, 1.54) is 6.33 Å². The second-order valence-electron chi connectivity index (χ2n) is 6.41. The molecule has 10 nitrogen and oxygen atoms in total. The average Bonchev–Trinajstić information content (AvgIpc) is 3.37. The fraction of sp³-hybridized carbons (Fsp3) is 0.316. The number of carbonyl (C=O) groups is 2. The lowest BCUT2D eigenvalue weighted by atomic mass is 10.1. The molecule has 2 N–H and O–H groups in total. The maximum absolute atomic E-state index is 12.1. The van der Waals surface area contributed by atoms with Gasteiger partial charge in [-0.2, -0.15) is 5.10 Å². The van der Waals surface area contributed by atoms with Gasteiger partial charge in [-0.3, -0.25) is 4.99 Å². The number of amidine groups is 1. The van der Waals surface area contributed by atoms with Gasteiger partial charge in [-0.1, -0.05) is 6.92 Å². The van der Waals surface area contributed by atoms with Crippen LogP contribution < -0.4 is 20.1 Å². The molecule has 0 bridgehead atoms. The van der Waals surface area contributed by atoms with Crippen molar-refractivity contribution >= 4 is 23.5 Å². The first kappa shape index (κ1) is 18.7. The number of aliphatic imine (C=N–C) groups is 1. The van der Waals surface area contributed by atoms with Crippen LogP contribution in [-0.4, -0.2) is 52.2 Å². The Labute approximate surface area is 166 Å². The molecule has 1 aromatic carbocycles. The van der Waals surface area contributed by atoms with Crippen LogP contribution in [0.5, 0.6) is 11.5 Å². The minimum absolute atomic E-state index is 0.115. The molecule has 0 saturated heterocycles. The van der Waals surface area contributed by atoms with Gasteiger partial charge in [0, 0.05) is 30.9 Å². The molecular weight excluding hydrogens is 376 g/mol. The summed E-state index contributed by atoms with van der Waals surface area (Å²) in [7, 11) is 0. The highest BCUT2D eigenvalue weighted by atomic mass is 16.6. The molecule has 0 unspecified atom stereocenters. The van der Waals surface area contributed by atoms with Crippen molar-refractivity contribution in [3.05, 3.63) is 30.6 Å². The number of ether oxygens (including phenoxy) is 2. The zero-order valence-electron chi connectivity index (χ0n) is 15.8. The number of nitrogens with one attached hydrogen (secondary N) is 2. The second kappa shape index (κ2) is 8.13. The zero-order chi connectivity index (χ0) is 20.2. The van der Waals surface area contributed by atoms with E-state index in [0.29, 0.717) is 30.2 Å². The highest BCUT2D eigenvalue weighted by Crippen LogP contribution is 2.43. The number of carbonyl (C=O) groups excluding carboxylic acids is 2. The summed E-state index contributed by atoms with van der Waals surface area (Å²) in [5.41, 5.74) is 1.14. The number of nitrogens with zero attached hydrogens (tertiary/aromatic N) is 4. The van der Waals surface area contributed by atoms with E-state index in [0.717, 1.165) is 37.5 Å². The molecule has 3 heterocycles. The average molecular weight is 396 g/mol. The molecule has 4 rings (SSSR count). The molecule has 0 atom stereocenters. The van der Waals surface area contributed by atoms with Crippen molar-refractivity contribution in [2.75, 3.05) is 25.0 Å². The summed E-state index contributed by atoms with van der Waals surface area (Å²) in [5, 5.41) is 10.8. The molecule has 2 aromatic rings. The number of aromatic nitrogens is 3. The minimum Gasteiger partial charge on any atom is -0.419 e. The van der Waals surface area contributed by atoms with Crippen LogP contribution in [0.2, 0.25) is 0 Å². The normalized spacial score (nSPS) is 16.7. The van der Waals surface area contributed by atoms with Crippen LogP contribution in [0.4, 0.5) is 5.69 Å². The summed E-state index contributed by atoms with van der Waals surface area (Å²) >= 11 is 0. The Hall–Kier alpha value is -3.69. The summed E-state index contributed by atoms with van der Waals surface area (Å²) in [6.45, 7) is 4.65. The van der Waals surface area contributed by atoms with Gasteiger partial charge in [0.1, 0.15) is 12.2 Å². The first-order chi connectivity index (χ1) is 14.2. The van der Waals surface area contributed by atoms with Crippen LogP contribution >= 0.6 is 0 Å². The molecule has 2 aliphatic heterocycles. The molecule has 29 heavy (non-hydrogen) atoms.